The van der Waals surface area contributed by atoms with Gasteiger partial charge in [0.15, 0.2) is 0 Å². The van der Waals surface area contributed by atoms with Crippen LogP contribution in [0.25, 0.3) is 0 Å². The number of benzene rings is 1. The zero-order chi connectivity index (χ0) is 13.1. The minimum atomic E-state index is -0.104. The quantitative estimate of drug-likeness (QED) is 0.800. The number of amides is 1. The molecule has 0 bridgehead atoms. The van der Waals surface area contributed by atoms with Crippen molar-refractivity contribution in [2.45, 2.75) is 19.4 Å². The van der Waals surface area contributed by atoms with Gasteiger partial charge in [-0.05, 0) is 25.5 Å². The Bertz CT molecular complexity index is 448. The molecule has 1 saturated heterocycles. The molecule has 98 valence electrons. The Morgan fingerprint density at radius 3 is 2.94 bits per heavy atom. The van der Waals surface area contributed by atoms with E-state index in [2.05, 4.69) is 5.32 Å². The number of hydrogen-bond donors (Lipinski definition) is 2. The van der Waals surface area contributed by atoms with Crippen LogP contribution in [-0.2, 0) is 9.53 Å². The molecular formula is C13H18N2O3. The largest absolute Gasteiger partial charge is 0.494 e. The van der Waals surface area contributed by atoms with Crippen molar-refractivity contribution < 1.29 is 14.3 Å². The van der Waals surface area contributed by atoms with Crippen molar-refractivity contribution in [1.82, 2.24) is 0 Å². The highest BCUT2D eigenvalue weighted by Gasteiger charge is 2.31. The highest BCUT2D eigenvalue weighted by molar-refractivity contribution is 5.94. The van der Waals surface area contributed by atoms with Gasteiger partial charge in [0.1, 0.15) is 5.75 Å². The van der Waals surface area contributed by atoms with Gasteiger partial charge >= 0.3 is 0 Å². The number of nitrogen functional groups attached to an aromatic ring is 1. The maximum absolute atomic E-state index is 12.1. The molecule has 5 nitrogen and oxygen atoms in total. The van der Waals surface area contributed by atoms with Crippen molar-refractivity contribution in [1.29, 1.82) is 0 Å². The van der Waals surface area contributed by atoms with E-state index in [4.69, 9.17) is 15.2 Å². The number of rotatable bonds is 3. The second-order valence-corrected chi connectivity index (χ2v) is 4.42. The molecule has 1 heterocycles. The Balaban J connectivity index is 2.11. The number of methoxy groups -OCH3 is 1. The van der Waals surface area contributed by atoms with Crippen LogP contribution in [0.1, 0.15) is 13.3 Å². The second-order valence-electron chi connectivity index (χ2n) is 4.42. The Kier molecular flexibility index (Phi) is 3.72. The predicted octanol–water partition coefficient (Wildman–Crippen LogP) is 1.64. The number of nitrogens with two attached hydrogens (primary N) is 1. The lowest BCUT2D eigenvalue weighted by atomic mass is 10.0. The van der Waals surface area contributed by atoms with E-state index in [0.717, 1.165) is 6.42 Å². The van der Waals surface area contributed by atoms with Gasteiger partial charge in [0.2, 0.25) is 5.91 Å². The van der Waals surface area contributed by atoms with Gasteiger partial charge < -0.3 is 20.5 Å². The summed E-state index contributed by atoms with van der Waals surface area (Å²) < 4.78 is 10.6. The molecule has 0 radical (unpaired) electrons. The summed E-state index contributed by atoms with van der Waals surface area (Å²) >= 11 is 0. The van der Waals surface area contributed by atoms with Gasteiger partial charge in [0.25, 0.3) is 0 Å². The topological polar surface area (TPSA) is 73.6 Å². The summed E-state index contributed by atoms with van der Waals surface area (Å²) in [5, 5.41) is 2.86. The van der Waals surface area contributed by atoms with Gasteiger partial charge in [0, 0.05) is 18.4 Å². The van der Waals surface area contributed by atoms with Crippen LogP contribution in [0, 0.1) is 5.92 Å². The van der Waals surface area contributed by atoms with E-state index >= 15 is 0 Å². The molecule has 0 spiro atoms. The molecule has 0 saturated carbocycles. The van der Waals surface area contributed by atoms with E-state index < -0.39 is 0 Å². The minimum Gasteiger partial charge on any atom is -0.494 e. The number of hydrogen-bond acceptors (Lipinski definition) is 4. The Morgan fingerprint density at radius 1 is 1.56 bits per heavy atom. The fraction of sp³-hybridized carbons (Fsp3) is 0.462. The molecule has 3 N–H and O–H groups in total. The Hall–Kier alpha value is -1.75. The summed E-state index contributed by atoms with van der Waals surface area (Å²) in [4.78, 5) is 12.1. The van der Waals surface area contributed by atoms with Crippen LogP contribution >= 0.6 is 0 Å². The molecular weight excluding hydrogens is 232 g/mol. The lowest BCUT2D eigenvalue weighted by Crippen LogP contribution is -2.27. The Morgan fingerprint density at radius 2 is 2.33 bits per heavy atom. The van der Waals surface area contributed by atoms with Crippen LogP contribution in [0.2, 0.25) is 0 Å². The minimum absolute atomic E-state index is 0.0372. The maximum Gasteiger partial charge on any atom is 0.230 e. The van der Waals surface area contributed by atoms with E-state index in [1.54, 1.807) is 25.3 Å². The van der Waals surface area contributed by atoms with Crippen LogP contribution in [0.3, 0.4) is 0 Å². The molecule has 1 aliphatic rings. The van der Waals surface area contributed by atoms with Crippen molar-refractivity contribution in [3.8, 4) is 5.75 Å². The molecule has 2 unspecified atom stereocenters. The van der Waals surface area contributed by atoms with E-state index in [1.807, 2.05) is 6.92 Å². The van der Waals surface area contributed by atoms with Gasteiger partial charge in [-0.3, -0.25) is 4.79 Å². The normalized spacial score (nSPS) is 22.8. The SMILES string of the molecule is COc1cc(N)ccc1NC(=O)C1CCOC1C. The van der Waals surface area contributed by atoms with Gasteiger partial charge in [-0.1, -0.05) is 0 Å². The van der Waals surface area contributed by atoms with Gasteiger partial charge in [-0.15, -0.1) is 0 Å². The number of carbonyl (C=O) groups excluding carboxylic acids is 1. The van der Waals surface area contributed by atoms with E-state index in [-0.39, 0.29) is 17.9 Å². The zero-order valence-electron chi connectivity index (χ0n) is 10.6. The number of ether oxygens (including phenoxy) is 2. The molecule has 2 atom stereocenters. The van der Waals surface area contributed by atoms with Crippen LogP contribution in [0.5, 0.6) is 5.75 Å². The monoisotopic (exact) mass is 250 g/mol. The van der Waals surface area contributed by atoms with Crippen molar-refractivity contribution >= 4 is 17.3 Å². The molecule has 18 heavy (non-hydrogen) atoms. The molecule has 2 rings (SSSR count). The number of carbonyl (C=O) groups is 1. The summed E-state index contributed by atoms with van der Waals surface area (Å²) in [7, 11) is 1.55. The zero-order valence-corrected chi connectivity index (χ0v) is 10.6. The number of anilines is 2. The standard InChI is InChI=1S/C13H18N2O3/c1-8-10(5-6-18-8)13(16)15-11-4-3-9(14)7-12(11)17-2/h3-4,7-8,10H,5-6,14H2,1-2H3,(H,15,16). The van der Waals surface area contributed by atoms with Gasteiger partial charge in [-0.25, -0.2) is 0 Å². The van der Waals surface area contributed by atoms with Crippen LogP contribution in [0.4, 0.5) is 11.4 Å². The third-order valence-electron chi connectivity index (χ3n) is 3.20. The third kappa shape index (κ3) is 2.56. The molecule has 0 aliphatic carbocycles. The molecule has 1 aromatic rings. The smallest absolute Gasteiger partial charge is 0.230 e. The molecule has 1 fully saturated rings. The summed E-state index contributed by atoms with van der Waals surface area (Å²) in [5.41, 5.74) is 6.90. The highest BCUT2D eigenvalue weighted by atomic mass is 16.5. The first kappa shape index (κ1) is 12.7. The highest BCUT2D eigenvalue weighted by Crippen LogP contribution is 2.28. The van der Waals surface area contributed by atoms with Crippen molar-refractivity contribution in [3.63, 3.8) is 0 Å². The summed E-state index contributed by atoms with van der Waals surface area (Å²) in [6, 6.07) is 5.16. The van der Waals surface area contributed by atoms with Gasteiger partial charge in [0.05, 0.1) is 24.8 Å². The summed E-state index contributed by atoms with van der Waals surface area (Å²) in [6.45, 7) is 2.55. The van der Waals surface area contributed by atoms with Gasteiger partial charge in [-0.2, -0.15) is 0 Å². The lowest BCUT2D eigenvalue weighted by molar-refractivity contribution is -0.121. The van der Waals surface area contributed by atoms with Crippen molar-refractivity contribution in [2.75, 3.05) is 24.8 Å². The van der Waals surface area contributed by atoms with Crippen LogP contribution in [0.15, 0.2) is 18.2 Å². The van der Waals surface area contributed by atoms with E-state index in [1.165, 1.54) is 0 Å². The Labute approximate surface area is 106 Å². The fourth-order valence-electron chi connectivity index (χ4n) is 2.11. The first-order chi connectivity index (χ1) is 8.61. The fourth-order valence-corrected chi connectivity index (χ4v) is 2.11. The lowest BCUT2D eigenvalue weighted by Gasteiger charge is -2.16. The van der Waals surface area contributed by atoms with E-state index in [0.29, 0.717) is 23.7 Å². The predicted molar refractivity (Wildman–Crippen MR) is 69.6 cm³/mol. The maximum atomic E-state index is 12.1. The average molecular weight is 250 g/mol. The first-order valence-corrected chi connectivity index (χ1v) is 5.98. The molecule has 1 amide bonds. The van der Waals surface area contributed by atoms with Crippen molar-refractivity contribution in [2.24, 2.45) is 5.92 Å². The van der Waals surface area contributed by atoms with Crippen molar-refractivity contribution in [3.05, 3.63) is 18.2 Å². The average Bonchev–Trinajstić information content (AvgIpc) is 2.77. The second kappa shape index (κ2) is 5.27. The number of nitrogens with one attached hydrogen (secondary N) is 1. The summed E-state index contributed by atoms with van der Waals surface area (Å²) in [6.07, 6.45) is 0.717. The van der Waals surface area contributed by atoms with Crippen LogP contribution < -0.4 is 15.8 Å². The third-order valence-corrected chi connectivity index (χ3v) is 3.20. The molecule has 0 aromatic heterocycles. The molecule has 5 heteroatoms. The van der Waals surface area contributed by atoms with E-state index in [9.17, 15) is 4.79 Å². The summed E-state index contributed by atoms with van der Waals surface area (Å²) in [5.74, 6) is 0.422. The molecule has 1 aliphatic heterocycles. The van der Waals surface area contributed by atoms with Crippen LogP contribution in [-0.4, -0.2) is 25.7 Å². The first-order valence-electron chi connectivity index (χ1n) is 5.98. The molecule has 1 aromatic carbocycles.